The average Bonchev–Trinajstić information content (AvgIpc) is 2.29. The summed E-state index contributed by atoms with van der Waals surface area (Å²) in [5.41, 5.74) is 0. The third kappa shape index (κ3) is 13.8. The number of hydrogen-bond acceptors (Lipinski definition) is 4. The first-order valence-electron chi connectivity index (χ1n) is 6.78. The Bertz CT molecular complexity index is 154. The number of nitrogens with zero attached hydrogens (tertiary/aromatic N) is 1. The Kier molecular flexibility index (Phi) is 12.2. The normalized spacial score (nSPS) is 13.2. The second-order valence-corrected chi connectivity index (χ2v) is 4.80. The van der Waals surface area contributed by atoms with Gasteiger partial charge in [-0.1, -0.05) is 13.3 Å². The van der Waals surface area contributed by atoms with Crippen molar-refractivity contribution < 1.29 is 9.84 Å². The second kappa shape index (κ2) is 12.3. The van der Waals surface area contributed by atoms with Gasteiger partial charge in [0.05, 0.1) is 12.7 Å². The molecule has 2 N–H and O–H groups in total. The second-order valence-electron chi connectivity index (χ2n) is 4.80. The molecular weight excluding hydrogens is 216 g/mol. The largest absolute Gasteiger partial charge is 0.389 e. The molecule has 0 heterocycles. The van der Waals surface area contributed by atoms with Gasteiger partial charge in [0.2, 0.25) is 0 Å². The molecule has 0 aliphatic heterocycles. The van der Waals surface area contributed by atoms with E-state index in [2.05, 4.69) is 31.2 Å². The molecule has 0 rings (SSSR count). The van der Waals surface area contributed by atoms with E-state index in [-0.39, 0.29) is 6.10 Å². The summed E-state index contributed by atoms with van der Waals surface area (Å²) in [7, 11) is 4.18. The lowest BCUT2D eigenvalue weighted by Crippen LogP contribution is -2.31. The molecule has 0 spiro atoms. The van der Waals surface area contributed by atoms with Gasteiger partial charge in [-0.25, -0.2) is 0 Å². The standard InChI is InChI=1S/C13H30N2O2/c1-4-5-10-17-12-13(16)11-14-8-6-7-9-15(2)3/h13-14,16H,4-12H2,1-3H3. The summed E-state index contributed by atoms with van der Waals surface area (Å²) in [6.07, 6.45) is 4.19. The van der Waals surface area contributed by atoms with Gasteiger partial charge in [-0.05, 0) is 46.4 Å². The fourth-order valence-electron chi connectivity index (χ4n) is 1.47. The van der Waals surface area contributed by atoms with E-state index in [1.54, 1.807) is 0 Å². The summed E-state index contributed by atoms with van der Waals surface area (Å²) in [4.78, 5) is 2.19. The van der Waals surface area contributed by atoms with E-state index in [9.17, 15) is 5.11 Å². The molecule has 17 heavy (non-hydrogen) atoms. The lowest BCUT2D eigenvalue weighted by Gasteiger charge is -2.13. The fourth-order valence-corrected chi connectivity index (χ4v) is 1.47. The highest BCUT2D eigenvalue weighted by Crippen LogP contribution is 1.91. The number of aliphatic hydroxyl groups is 1. The zero-order valence-corrected chi connectivity index (χ0v) is 11.7. The smallest absolute Gasteiger partial charge is 0.0897 e. The van der Waals surface area contributed by atoms with Crippen molar-refractivity contribution >= 4 is 0 Å². The molecule has 0 aromatic rings. The zero-order chi connectivity index (χ0) is 12.9. The molecule has 4 nitrogen and oxygen atoms in total. The predicted molar refractivity (Wildman–Crippen MR) is 72.4 cm³/mol. The quantitative estimate of drug-likeness (QED) is 0.506. The first-order chi connectivity index (χ1) is 8.16. The van der Waals surface area contributed by atoms with E-state index < -0.39 is 0 Å². The van der Waals surface area contributed by atoms with Crippen molar-refractivity contribution in [3.63, 3.8) is 0 Å². The topological polar surface area (TPSA) is 44.7 Å². The van der Waals surface area contributed by atoms with E-state index in [4.69, 9.17) is 4.74 Å². The Hall–Kier alpha value is -0.160. The average molecular weight is 246 g/mol. The molecule has 0 saturated heterocycles. The van der Waals surface area contributed by atoms with E-state index >= 15 is 0 Å². The van der Waals surface area contributed by atoms with Crippen LogP contribution in [0.15, 0.2) is 0 Å². The Morgan fingerprint density at radius 2 is 2.00 bits per heavy atom. The Balaban J connectivity index is 3.13. The lowest BCUT2D eigenvalue weighted by molar-refractivity contribution is 0.0360. The number of aliphatic hydroxyl groups excluding tert-OH is 1. The van der Waals surface area contributed by atoms with Gasteiger partial charge in [-0.3, -0.25) is 0 Å². The van der Waals surface area contributed by atoms with Gasteiger partial charge in [0.25, 0.3) is 0 Å². The summed E-state index contributed by atoms with van der Waals surface area (Å²) in [5, 5.41) is 12.8. The molecule has 0 aromatic heterocycles. The SMILES string of the molecule is CCCCOCC(O)CNCCCCN(C)C. The molecule has 4 heteroatoms. The monoisotopic (exact) mass is 246 g/mol. The molecule has 0 radical (unpaired) electrons. The van der Waals surface area contributed by atoms with Crippen molar-refractivity contribution in [3.8, 4) is 0 Å². The maximum absolute atomic E-state index is 9.60. The van der Waals surface area contributed by atoms with Crippen LogP contribution >= 0.6 is 0 Å². The molecule has 1 unspecified atom stereocenters. The molecule has 0 saturated carbocycles. The van der Waals surface area contributed by atoms with Gasteiger partial charge < -0.3 is 20.1 Å². The maximum Gasteiger partial charge on any atom is 0.0897 e. The van der Waals surface area contributed by atoms with Crippen LogP contribution in [-0.4, -0.2) is 63.1 Å². The van der Waals surface area contributed by atoms with Crippen LogP contribution in [0.2, 0.25) is 0 Å². The molecule has 0 aliphatic carbocycles. The third-order valence-electron chi connectivity index (χ3n) is 2.54. The predicted octanol–water partition coefficient (Wildman–Crippen LogP) is 1.10. The van der Waals surface area contributed by atoms with Crippen LogP contribution in [0.1, 0.15) is 32.6 Å². The highest BCUT2D eigenvalue weighted by Gasteiger charge is 2.02. The van der Waals surface area contributed by atoms with E-state index in [0.717, 1.165) is 39.0 Å². The summed E-state index contributed by atoms with van der Waals surface area (Å²) in [6.45, 7) is 6.08. The molecule has 0 aromatic carbocycles. The Morgan fingerprint density at radius 3 is 2.65 bits per heavy atom. The number of nitrogens with one attached hydrogen (secondary N) is 1. The highest BCUT2D eigenvalue weighted by atomic mass is 16.5. The van der Waals surface area contributed by atoms with Crippen LogP contribution < -0.4 is 5.32 Å². The van der Waals surface area contributed by atoms with Gasteiger partial charge in [0.1, 0.15) is 0 Å². The first-order valence-corrected chi connectivity index (χ1v) is 6.78. The fraction of sp³-hybridized carbons (Fsp3) is 1.00. The van der Waals surface area contributed by atoms with Crippen molar-refractivity contribution in [2.24, 2.45) is 0 Å². The number of hydrogen-bond donors (Lipinski definition) is 2. The highest BCUT2D eigenvalue weighted by molar-refractivity contribution is 4.58. The minimum atomic E-state index is -0.374. The van der Waals surface area contributed by atoms with E-state index in [0.29, 0.717) is 13.2 Å². The molecule has 0 fully saturated rings. The van der Waals surface area contributed by atoms with Gasteiger partial charge in [-0.2, -0.15) is 0 Å². The summed E-state index contributed by atoms with van der Waals surface area (Å²) in [5.74, 6) is 0. The van der Waals surface area contributed by atoms with Crippen molar-refractivity contribution in [3.05, 3.63) is 0 Å². The molecule has 0 amide bonds. The summed E-state index contributed by atoms with van der Waals surface area (Å²) >= 11 is 0. The molecule has 1 atom stereocenters. The van der Waals surface area contributed by atoms with Gasteiger partial charge in [-0.15, -0.1) is 0 Å². The van der Waals surface area contributed by atoms with E-state index in [1.165, 1.54) is 6.42 Å². The van der Waals surface area contributed by atoms with Gasteiger partial charge in [0, 0.05) is 13.2 Å². The zero-order valence-electron chi connectivity index (χ0n) is 11.7. The van der Waals surface area contributed by atoms with Crippen LogP contribution in [0.3, 0.4) is 0 Å². The molecule has 104 valence electrons. The van der Waals surface area contributed by atoms with Crippen LogP contribution in [0.4, 0.5) is 0 Å². The van der Waals surface area contributed by atoms with Crippen molar-refractivity contribution in [2.75, 3.05) is 46.9 Å². The van der Waals surface area contributed by atoms with Gasteiger partial charge in [0.15, 0.2) is 0 Å². The summed E-state index contributed by atoms with van der Waals surface area (Å²) < 4.78 is 5.35. The number of unbranched alkanes of at least 4 members (excludes halogenated alkanes) is 2. The van der Waals surface area contributed by atoms with Crippen molar-refractivity contribution in [2.45, 2.75) is 38.7 Å². The van der Waals surface area contributed by atoms with Crippen LogP contribution in [-0.2, 0) is 4.74 Å². The van der Waals surface area contributed by atoms with Crippen LogP contribution in [0.5, 0.6) is 0 Å². The first kappa shape index (κ1) is 16.8. The Labute approximate surface area is 106 Å². The minimum Gasteiger partial charge on any atom is -0.389 e. The summed E-state index contributed by atoms with van der Waals surface area (Å²) in [6, 6.07) is 0. The van der Waals surface area contributed by atoms with Crippen LogP contribution in [0.25, 0.3) is 0 Å². The maximum atomic E-state index is 9.60. The number of ether oxygens (including phenoxy) is 1. The minimum absolute atomic E-state index is 0.374. The number of rotatable bonds is 12. The van der Waals surface area contributed by atoms with Crippen molar-refractivity contribution in [1.29, 1.82) is 0 Å². The molecule has 0 bridgehead atoms. The van der Waals surface area contributed by atoms with Crippen molar-refractivity contribution in [1.82, 2.24) is 10.2 Å². The van der Waals surface area contributed by atoms with E-state index in [1.807, 2.05) is 0 Å². The Morgan fingerprint density at radius 1 is 1.24 bits per heavy atom. The molecule has 0 aliphatic rings. The molecular formula is C13H30N2O2. The lowest BCUT2D eigenvalue weighted by atomic mass is 10.3. The van der Waals surface area contributed by atoms with Crippen LogP contribution in [0, 0.1) is 0 Å². The third-order valence-corrected chi connectivity index (χ3v) is 2.54. The van der Waals surface area contributed by atoms with Gasteiger partial charge >= 0.3 is 0 Å².